The number of carbonyl (C=O) groups is 1. The number of benzene rings is 2. The van der Waals surface area contributed by atoms with Crippen molar-refractivity contribution in [2.45, 2.75) is 26.9 Å². The Bertz CT molecular complexity index is 666. The Labute approximate surface area is 145 Å². The molecule has 2 aromatic carbocycles. The summed E-state index contributed by atoms with van der Waals surface area (Å²) in [5.41, 5.74) is 2.58. The number of methoxy groups -OCH3 is 1. The minimum Gasteiger partial charge on any atom is -0.487 e. The number of hydrogen-bond donors (Lipinski definition) is 0. The van der Waals surface area contributed by atoms with Gasteiger partial charge in [0.2, 0.25) is 0 Å². The Morgan fingerprint density at radius 1 is 1.13 bits per heavy atom. The van der Waals surface area contributed by atoms with Crippen molar-refractivity contribution in [3.05, 3.63) is 63.6 Å². The van der Waals surface area contributed by atoms with Gasteiger partial charge < -0.3 is 9.47 Å². The Kier molecular flexibility index (Phi) is 6.22. The van der Waals surface area contributed by atoms with Gasteiger partial charge in [-0.3, -0.25) is 0 Å². The van der Waals surface area contributed by atoms with Crippen molar-refractivity contribution in [3.8, 4) is 5.75 Å². The molecule has 0 spiro atoms. The zero-order chi connectivity index (χ0) is 16.8. The minimum absolute atomic E-state index is 0.389. The molecule has 0 bridgehead atoms. The quantitative estimate of drug-likeness (QED) is 0.664. The molecule has 0 amide bonds. The van der Waals surface area contributed by atoms with Crippen molar-refractivity contribution in [2.75, 3.05) is 7.11 Å². The van der Waals surface area contributed by atoms with E-state index >= 15 is 0 Å². The van der Waals surface area contributed by atoms with E-state index in [4.69, 9.17) is 9.47 Å². The van der Waals surface area contributed by atoms with E-state index in [0.29, 0.717) is 23.8 Å². The lowest BCUT2D eigenvalue weighted by Gasteiger charge is -2.15. The summed E-state index contributed by atoms with van der Waals surface area (Å²) in [6.45, 7) is 4.68. The maximum absolute atomic E-state index is 12.1. The van der Waals surface area contributed by atoms with Crippen molar-refractivity contribution in [1.29, 1.82) is 0 Å². The fourth-order valence-corrected chi connectivity index (χ4v) is 3.00. The van der Waals surface area contributed by atoms with Crippen LogP contribution in [-0.4, -0.2) is 13.1 Å². The third kappa shape index (κ3) is 4.83. The number of rotatable bonds is 6. The van der Waals surface area contributed by atoms with Gasteiger partial charge >= 0.3 is 5.97 Å². The lowest BCUT2D eigenvalue weighted by Crippen LogP contribution is -2.08. The zero-order valence-electron chi connectivity index (χ0n) is 13.6. The number of esters is 1. The van der Waals surface area contributed by atoms with Crippen molar-refractivity contribution in [2.24, 2.45) is 5.92 Å². The van der Waals surface area contributed by atoms with Gasteiger partial charge in [-0.05, 0) is 51.5 Å². The first-order chi connectivity index (χ1) is 11.0. The molecule has 0 unspecified atom stereocenters. The molecular weight excluding hydrogens is 356 g/mol. The molecule has 0 atom stereocenters. The smallest absolute Gasteiger partial charge is 0.341 e. The van der Waals surface area contributed by atoms with E-state index in [-0.39, 0.29) is 5.97 Å². The van der Waals surface area contributed by atoms with Gasteiger partial charge in [0.05, 0.1) is 11.6 Å². The van der Waals surface area contributed by atoms with Crippen LogP contribution in [0.15, 0.2) is 46.9 Å². The van der Waals surface area contributed by atoms with Crippen molar-refractivity contribution >= 4 is 21.9 Å². The number of hydrogen-bond acceptors (Lipinski definition) is 3. The highest BCUT2D eigenvalue weighted by Crippen LogP contribution is 2.33. The van der Waals surface area contributed by atoms with Gasteiger partial charge in [-0.15, -0.1) is 0 Å². The van der Waals surface area contributed by atoms with Gasteiger partial charge in [-0.2, -0.15) is 0 Å². The largest absolute Gasteiger partial charge is 0.487 e. The van der Waals surface area contributed by atoms with E-state index in [0.717, 1.165) is 22.0 Å². The third-order valence-corrected chi connectivity index (χ3v) is 3.97. The summed E-state index contributed by atoms with van der Waals surface area (Å²) < 4.78 is 11.6. The van der Waals surface area contributed by atoms with Crippen LogP contribution in [0.25, 0.3) is 0 Å². The highest BCUT2D eigenvalue weighted by molar-refractivity contribution is 9.10. The lowest BCUT2D eigenvalue weighted by atomic mass is 10.0. The number of halogens is 1. The third-order valence-electron chi connectivity index (χ3n) is 3.38. The highest BCUT2D eigenvalue weighted by atomic mass is 79.9. The van der Waals surface area contributed by atoms with Crippen LogP contribution in [0.1, 0.15) is 35.3 Å². The van der Waals surface area contributed by atoms with Gasteiger partial charge in [-0.1, -0.05) is 44.2 Å². The molecule has 122 valence electrons. The summed E-state index contributed by atoms with van der Waals surface area (Å²) >= 11 is 3.53. The van der Waals surface area contributed by atoms with Crippen LogP contribution >= 0.6 is 15.9 Å². The van der Waals surface area contributed by atoms with E-state index in [1.54, 1.807) is 0 Å². The average Bonchev–Trinajstić information content (AvgIpc) is 2.53. The minimum atomic E-state index is -0.389. The average molecular weight is 377 g/mol. The van der Waals surface area contributed by atoms with Crippen molar-refractivity contribution < 1.29 is 14.3 Å². The summed E-state index contributed by atoms with van der Waals surface area (Å²) in [6, 6.07) is 13.7. The Hall–Kier alpha value is -1.81. The van der Waals surface area contributed by atoms with Crippen molar-refractivity contribution in [1.82, 2.24) is 0 Å². The second-order valence-electron chi connectivity index (χ2n) is 5.82. The zero-order valence-corrected chi connectivity index (χ0v) is 15.2. The maximum atomic E-state index is 12.1. The summed E-state index contributed by atoms with van der Waals surface area (Å²) in [5.74, 6) is 0.635. The Balaban J connectivity index is 2.31. The van der Waals surface area contributed by atoms with E-state index in [9.17, 15) is 4.79 Å². The molecule has 23 heavy (non-hydrogen) atoms. The van der Waals surface area contributed by atoms with E-state index in [1.165, 1.54) is 7.11 Å². The molecule has 0 saturated heterocycles. The molecular formula is C19H21BrO3. The van der Waals surface area contributed by atoms with Crippen LogP contribution in [0.2, 0.25) is 0 Å². The molecule has 2 aromatic rings. The molecule has 0 N–H and O–H groups in total. The molecule has 0 radical (unpaired) electrons. The molecule has 0 aliphatic rings. The van der Waals surface area contributed by atoms with E-state index in [1.807, 2.05) is 42.5 Å². The SMILES string of the molecule is COC(=O)c1cc(CC(C)C)cc(Br)c1OCc1ccccc1. The molecule has 3 nitrogen and oxygen atoms in total. The van der Waals surface area contributed by atoms with Crippen LogP contribution in [0.3, 0.4) is 0 Å². The molecule has 0 fully saturated rings. The molecule has 0 aliphatic heterocycles. The summed E-state index contributed by atoms with van der Waals surface area (Å²) in [6.07, 6.45) is 0.890. The van der Waals surface area contributed by atoms with Gasteiger partial charge in [0.25, 0.3) is 0 Å². The maximum Gasteiger partial charge on any atom is 0.341 e. The van der Waals surface area contributed by atoms with Gasteiger partial charge in [-0.25, -0.2) is 4.79 Å². The van der Waals surface area contributed by atoms with Crippen LogP contribution in [0.5, 0.6) is 5.75 Å². The first-order valence-electron chi connectivity index (χ1n) is 7.58. The summed E-state index contributed by atoms with van der Waals surface area (Å²) in [4.78, 5) is 12.1. The monoisotopic (exact) mass is 376 g/mol. The first-order valence-corrected chi connectivity index (χ1v) is 8.38. The standard InChI is InChI=1S/C19H21BrO3/c1-13(2)9-15-10-16(19(21)22-3)18(17(20)11-15)23-12-14-7-5-4-6-8-14/h4-8,10-11,13H,9,12H2,1-3H3. The van der Waals surface area contributed by atoms with Gasteiger partial charge in [0.15, 0.2) is 0 Å². The molecule has 0 aromatic heterocycles. The fraction of sp³-hybridized carbons (Fsp3) is 0.316. The number of ether oxygens (including phenoxy) is 2. The normalized spacial score (nSPS) is 10.7. The molecule has 0 saturated carbocycles. The summed E-state index contributed by atoms with van der Waals surface area (Å²) in [7, 11) is 1.38. The summed E-state index contributed by atoms with van der Waals surface area (Å²) in [5, 5.41) is 0. The lowest BCUT2D eigenvalue weighted by molar-refractivity contribution is 0.0595. The van der Waals surface area contributed by atoms with E-state index in [2.05, 4.69) is 29.8 Å². The molecule has 0 heterocycles. The van der Waals surface area contributed by atoms with Crippen LogP contribution in [-0.2, 0) is 17.8 Å². The molecule has 0 aliphatic carbocycles. The van der Waals surface area contributed by atoms with Gasteiger partial charge in [0.1, 0.15) is 17.9 Å². The first kappa shape index (κ1) is 17.5. The second-order valence-corrected chi connectivity index (χ2v) is 6.67. The second kappa shape index (κ2) is 8.16. The fourth-order valence-electron chi connectivity index (χ4n) is 2.38. The topological polar surface area (TPSA) is 35.5 Å². The van der Waals surface area contributed by atoms with E-state index < -0.39 is 0 Å². The number of carbonyl (C=O) groups excluding carboxylic acids is 1. The highest BCUT2D eigenvalue weighted by Gasteiger charge is 2.18. The Morgan fingerprint density at radius 3 is 2.43 bits per heavy atom. The van der Waals surface area contributed by atoms with Crippen molar-refractivity contribution in [3.63, 3.8) is 0 Å². The Morgan fingerprint density at radius 2 is 1.83 bits per heavy atom. The van der Waals surface area contributed by atoms with Crippen LogP contribution in [0, 0.1) is 5.92 Å². The van der Waals surface area contributed by atoms with Crippen LogP contribution < -0.4 is 4.74 Å². The predicted molar refractivity (Wildman–Crippen MR) is 94.8 cm³/mol. The molecule has 2 rings (SSSR count). The molecule has 4 heteroatoms. The van der Waals surface area contributed by atoms with Gasteiger partial charge in [0, 0.05) is 0 Å². The predicted octanol–water partition coefficient (Wildman–Crippen LogP) is 5.01. The van der Waals surface area contributed by atoms with Crippen LogP contribution in [0.4, 0.5) is 0 Å².